The van der Waals surface area contributed by atoms with Crippen LogP contribution in [0.25, 0.3) is 0 Å². The SMILES string of the molecule is COc1ccc2c(c1)OP(C)(=S)O2. The molecule has 1 aromatic rings. The maximum Gasteiger partial charge on any atom is 0.285 e. The molecule has 0 aliphatic carbocycles. The summed E-state index contributed by atoms with van der Waals surface area (Å²) in [5.41, 5.74) is 0. The van der Waals surface area contributed by atoms with Crippen LogP contribution in [0.5, 0.6) is 17.2 Å². The van der Waals surface area contributed by atoms with Gasteiger partial charge in [0.2, 0.25) is 0 Å². The molecular formula is C8H9O3PS. The minimum atomic E-state index is -2.08. The summed E-state index contributed by atoms with van der Waals surface area (Å²) in [6, 6.07) is 5.42. The Balaban J connectivity index is 2.42. The lowest BCUT2D eigenvalue weighted by atomic mass is 10.3. The molecule has 5 heteroatoms. The second kappa shape index (κ2) is 2.89. The van der Waals surface area contributed by atoms with Gasteiger partial charge in [-0.05, 0) is 23.9 Å². The molecule has 1 aliphatic heterocycles. The van der Waals surface area contributed by atoms with E-state index in [-0.39, 0.29) is 0 Å². The van der Waals surface area contributed by atoms with Crippen LogP contribution in [-0.4, -0.2) is 13.8 Å². The van der Waals surface area contributed by atoms with Gasteiger partial charge in [0.15, 0.2) is 11.5 Å². The molecular weight excluding hydrogens is 207 g/mol. The van der Waals surface area contributed by atoms with Gasteiger partial charge in [0.05, 0.1) is 7.11 Å². The minimum absolute atomic E-state index is 0.685. The summed E-state index contributed by atoms with van der Waals surface area (Å²) >= 11 is 5.12. The summed E-state index contributed by atoms with van der Waals surface area (Å²) in [6.07, 6.45) is 0. The first-order chi connectivity index (χ1) is 6.11. The second-order valence-corrected chi connectivity index (χ2v) is 6.66. The molecule has 1 aromatic carbocycles. The molecule has 0 bridgehead atoms. The normalized spacial score (nSPS) is 24.5. The van der Waals surface area contributed by atoms with Crippen LogP contribution in [0.3, 0.4) is 0 Å². The molecule has 0 spiro atoms. The number of methoxy groups -OCH3 is 1. The molecule has 70 valence electrons. The van der Waals surface area contributed by atoms with Gasteiger partial charge in [-0.15, -0.1) is 0 Å². The van der Waals surface area contributed by atoms with Gasteiger partial charge in [-0.3, -0.25) is 0 Å². The smallest absolute Gasteiger partial charge is 0.285 e. The first-order valence-electron chi connectivity index (χ1n) is 3.75. The van der Waals surface area contributed by atoms with Crippen LogP contribution >= 0.6 is 6.49 Å². The number of hydrogen-bond acceptors (Lipinski definition) is 4. The standard InChI is InChI=1S/C8H9O3PS/c1-9-6-3-4-7-8(5-6)11-12(2,13)10-7/h3-5H,1-2H3. The maximum atomic E-state index is 5.46. The second-order valence-electron chi connectivity index (χ2n) is 2.77. The van der Waals surface area contributed by atoms with E-state index in [4.69, 9.17) is 25.6 Å². The van der Waals surface area contributed by atoms with E-state index in [0.717, 1.165) is 5.75 Å². The van der Waals surface area contributed by atoms with E-state index in [0.29, 0.717) is 11.5 Å². The lowest BCUT2D eigenvalue weighted by molar-refractivity contribution is 0.413. The molecule has 0 radical (unpaired) electrons. The summed E-state index contributed by atoms with van der Waals surface area (Å²) in [6.45, 7) is -0.277. The third-order valence-electron chi connectivity index (χ3n) is 1.68. The summed E-state index contributed by atoms with van der Waals surface area (Å²) < 4.78 is 16.0. The Kier molecular flexibility index (Phi) is 1.97. The highest BCUT2D eigenvalue weighted by Gasteiger charge is 2.26. The Labute approximate surface area is 81.8 Å². The largest absolute Gasteiger partial charge is 0.497 e. The van der Waals surface area contributed by atoms with Crippen LogP contribution in [0.2, 0.25) is 0 Å². The van der Waals surface area contributed by atoms with Crippen molar-refractivity contribution in [1.82, 2.24) is 0 Å². The van der Waals surface area contributed by atoms with Crippen LogP contribution in [0.15, 0.2) is 18.2 Å². The first kappa shape index (κ1) is 8.85. The molecule has 3 nitrogen and oxygen atoms in total. The van der Waals surface area contributed by atoms with Gasteiger partial charge in [-0.1, -0.05) is 0 Å². The summed E-state index contributed by atoms with van der Waals surface area (Å²) in [7, 11) is 1.61. The van der Waals surface area contributed by atoms with Crippen LogP contribution in [0, 0.1) is 0 Å². The number of hydrogen-bond donors (Lipinski definition) is 0. The van der Waals surface area contributed by atoms with Crippen molar-refractivity contribution in [1.29, 1.82) is 0 Å². The van der Waals surface area contributed by atoms with Crippen molar-refractivity contribution in [3.05, 3.63) is 18.2 Å². The van der Waals surface area contributed by atoms with Gasteiger partial charge in [0, 0.05) is 12.7 Å². The maximum absolute atomic E-state index is 5.46. The monoisotopic (exact) mass is 216 g/mol. The Morgan fingerprint density at radius 3 is 2.69 bits per heavy atom. The van der Waals surface area contributed by atoms with Crippen molar-refractivity contribution in [2.24, 2.45) is 0 Å². The third kappa shape index (κ3) is 1.64. The Morgan fingerprint density at radius 2 is 2.00 bits per heavy atom. The molecule has 0 saturated carbocycles. The summed E-state index contributed by atoms with van der Waals surface area (Å²) in [4.78, 5) is 0. The van der Waals surface area contributed by atoms with Gasteiger partial charge < -0.3 is 13.8 Å². The molecule has 0 N–H and O–H groups in total. The molecule has 2 rings (SSSR count). The van der Waals surface area contributed by atoms with E-state index in [1.54, 1.807) is 19.8 Å². The molecule has 1 atom stereocenters. The molecule has 0 fully saturated rings. The summed E-state index contributed by atoms with van der Waals surface area (Å²) in [5, 5.41) is 0. The van der Waals surface area contributed by atoms with Crippen LogP contribution < -0.4 is 13.8 Å². The van der Waals surface area contributed by atoms with E-state index in [1.807, 2.05) is 12.1 Å². The Hall–Kier alpha value is -0.730. The highest BCUT2D eigenvalue weighted by atomic mass is 32.5. The van der Waals surface area contributed by atoms with Gasteiger partial charge in [-0.25, -0.2) is 0 Å². The van der Waals surface area contributed by atoms with Crippen LogP contribution in [0.4, 0.5) is 0 Å². The molecule has 0 aromatic heterocycles. The van der Waals surface area contributed by atoms with Crippen LogP contribution in [-0.2, 0) is 11.8 Å². The van der Waals surface area contributed by atoms with E-state index in [2.05, 4.69) is 0 Å². The van der Waals surface area contributed by atoms with Crippen molar-refractivity contribution in [3.63, 3.8) is 0 Å². The fraction of sp³-hybridized carbons (Fsp3) is 0.250. The van der Waals surface area contributed by atoms with E-state index in [9.17, 15) is 0 Å². The van der Waals surface area contributed by atoms with Crippen molar-refractivity contribution in [3.8, 4) is 17.2 Å². The average Bonchev–Trinajstić information content (AvgIpc) is 2.36. The molecule has 0 amide bonds. The quantitative estimate of drug-likeness (QED) is 0.674. The van der Waals surface area contributed by atoms with Crippen molar-refractivity contribution in [2.75, 3.05) is 13.8 Å². The molecule has 1 heterocycles. The lowest BCUT2D eigenvalue weighted by Crippen LogP contribution is -1.86. The zero-order chi connectivity index (χ0) is 9.47. The molecule has 1 unspecified atom stereocenters. The van der Waals surface area contributed by atoms with Crippen molar-refractivity contribution < 1.29 is 13.8 Å². The van der Waals surface area contributed by atoms with Gasteiger partial charge in [-0.2, -0.15) is 0 Å². The fourth-order valence-electron chi connectivity index (χ4n) is 1.14. The van der Waals surface area contributed by atoms with Crippen molar-refractivity contribution >= 4 is 18.3 Å². The predicted molar refractivity (Wildman–Crippen MR) is 54.5 cm³/mol. The predicted octanol–water partition coefficient (Wildman–Crippen LogP) is 2.41. The van der Waals surface area contributed by atoms with Gasteiger partial charge in [0.1, 0.15) is 5.75 Å². The van der Waals surface area contributed by atoms with Crippen molar-refractivity contribution in [2.45, 2.75) is 0 Å². The number of rotatable bonds is 1. The highest BCUT2D eigenvalue weighted by molar-refractivity contribution is 8.10. The molecule has 13 heavy (non-hydrogen) atoms. The number of ether oxygens (including phenoxy) is 1. The zero-order valence-corrected chi connectivity index (χ0v) is 9.02. The number of fused-ring (bicyclic) bond motifs is 1. The van der Waals surface area contributed by atoms with Crippen LogP contribution in [0.1, 0.15) is 0 Å². The van der Waals surface area contributed by atoms with Gasteiger partial charge >= 0.3 is 0 Å². The molecule has 1 aliphatic rings. The van der Waals surface area contributed by atoms with Gasteiger partial charge in [0.25, 0.3) is 6.49 Å². The number of benzene rings is 1. The zero-order valence-electron chi connectivity index (χ0n) is 7.31. The Bertz CT molecular complexity index is 391. The van der Waals surface area contributed by atoms with E-state index >= 15 is 0 Å². The average molecular weight is 216 g/mol. The first-order valence-corrected chi connectivity index (χ1v) is 6.84. The minimum Gasteiger partial charge on any atom is -0.497 e. The Morgan fingerprint density at radius 1 is 1.31 bits per heavy atom. The van der Waals surface area contributed by atoms with E-state index in [1.165, 1.54) is 0 Å². The lowest BCUT2D eigenvalue weighted by Gasteiger charge is -2.05. The topological polar surface area (TPSA) is 27.7 Å². The highest BCUT2D eigenvalue weighted by Crippen LogP contribution is 2.56. The third-order valence-corrected chi connectivity index (χ3v) is 3.18. The van der Waals surface area contributed by atoms with E-state index < -0.39 is 6.49 Å². The summed E-state index contributed by atoms with van der Waals surface area (Å²) in [5.74, 6) is 2.15. The molecule has 0 saturated heterocycles. The fourth-order valence-corrected chi connectivity index (χ4v) is 2.67.